The molecule has 3 nitrogen and oxygen atoms in total. The Labute approximate surface area is 94.5 Å². The Hall–Kier alpha value is -0.610. The summed E-state index contributed by atoms with van der Waals surface area (Å²) in [5.74, 6) is 0. The highest BCUT2D eigenvalue weighted by Gasteiger charge is 2.28. The van der Waals surface area contributed by atoms with Crippen LogP contribution in [-0.4, -0.2) is 22.2 Å². The zero-order valence-electron chi connectivity index (χ0n) is 9.12. The fraction of sp³-hybridized carbons (Fsp3) is 0.727. The van der Waals surface area contributed by atoms with E-state index in [2.05, 4.69) is 10.3 Å². The largest absolute Gasteiger partial charge is 0.388 e. The van der Waals surface area contributed by atoms with E-state index in [9.17, 15) is 5.11 Å². The molecule has 1 fully saturated rings. The van der Waals surface area contributed by atoms with Crippen molar-refractivity contribution in [1.82, 2.24) is 4.98 Å². The number of aryl methyl sites for hydroxylation is 1. The van der Waals surface area contributed by atoms with Crippen molar-refractivity contribution in [3.8, 4) is 0 Å². The average Bonchev–Trinajstić information content (AvgIpc) is 2.63. The second-order valence-electron chi connectivity index (χ2n) is 4.43. The highest BCUT2D eigenvalue weighted by Crippen LogP contribution is 2.28. The van der Waals surface area contributed by atoms with Gasteiger partial charge in [-0.1, -0.05) is 19.3 Å². The molecule has 1 aliphatic carbocycles. The molecule has 2 rings (SSSR count). The standard InChI is InChI=1S/C11H18N2OS/c1-9-7-15-10(13-9)12-8-11(14)5-3-2-4-6-11/h7,14H,2-6,8H2,1H3,(H,12,13). The van der Waals surface area contributed by atoms with Crippen LogP contribution in [0.5, 0.6) is 0 Å². The highest BCUT2D eigenvalue weighted by atomic mass is 32.1. The Morgan fingerprint density at radius 1 is 1.47 bits per heavy atom. The van der Waals surface area contributed by atoms with Gasteiger partial charge in [-0.25, -0.2) is 4.98 Å². The number of nitrogens with zero attached hydrogens (tertiary/aromatic N) is 1. The number of rotatable bonds is 3. The summed E-state index contributed by atoms with van der Waals surface area (Å²) in [6, 6.07) is 0. The lowest BCUT2D eigenvalue weighted by atomic mass is 9.85. The molecule has 1 aromatic rings. The number of nitrogens with one attached hydrogen (secondary N) is 1. The molecular formula is C11H18N2OS. The van der Waals surface area contributed by atoms with E-state index in [1.165, 1.54) is 6.42 Å². The van der Waals surface area contributed by atoms with Crippen molar-refractivity contribution in [3.05, 3.63) is 11.1 Å². The van der Waals surface area contributed by atoms with Crippen molar-refractivity contribution < 1.29 is 5.11 Å². The fourth-order valence-corrected chi connectivity index (χ4v) is 2.75. The summed E-state index contributed by atoms with van der Waals surface area (Å²) >= 11 is 1.60. The van der Waals surface area contributed by atoms with Gasteiger partial charge < -0.3 is 10.4 Å². The maximum Gasteiger partial charge on any atom is 0.182 e. The molecule has 1 aliphatic rings. The van der Waals surface area contributed by atoms with Crippen LogP contribution in [0.25, 0.3) is 0 Å². The van der Waals surface area contributed by atoms with Gasteiger partial charge in [0, 0.05) is 11.9 Å². The molecule has 0 aromatic carbocycles. The molecule has 0 saturated heterocycles. The average molecular weight is 226 g/mol. The van der Waals surface area contributed by atoms with Gasteiger partial charge in [0.05, 0.1) is 11.3 Å². The first-order valence-corrected chi connectivity index (χ1v) is 6.44. The molecular weight excluding hydrogens is 208 g/mol. The van der Waals surface area contributed by atoms with E-state index >= 15 is 0 Å². The lowest BCUT2D eigenvalue weighted by Crippen LogP contribution is -2.38. The van der Waals surface area contributed by atoms with E-state index in [1.54, 1.807) is 11.3 Å². The van der Waals surface area contributed by atoms with E-state index in [-0.39, 0.29) is 0 Å². The van der Waals surface area contributed by atoms with Gasteiger partial charge in [-0.2, -0.15) is 0 Å². The van der Waals surface area contributed by atoms with E-state index < -0.39 is 5.60 Å². The maximum absolute atomic E-state index is 10.3. The van der Waals surface area contributed by atoms with Crippen LogP contribution in [0, 0.1) is 6.92 Å². The zero-order chi connectivity index (χ0) is 10.7. The third-order valence-electron chi connectivity index (χ3n) is 2.97. The molecule has 1 heterocycles. The number of aromatic nitrogens is 1. The summed E-state index contributed by atoms with van der Waals surface area (Å²) in [5, 5.41) is 16.4. The Balaban J connectivity index is 1.86. The predicted molar refractivity (Wildman–Crippen MR) is 63.4 cm³/mol. The molecule has 84 valence electrons. The molecule has 0 bridgehead atoms. The van der Waals surface area contributed by atoms with Crippen molar-refractivity contribution in [3.63, 3.8) is 0 Å². The monoisotopic (exact) mass is 226 g/mol. The van der Waals surface area contributed by atoms with Crippen molar-refractivity contribution in [2.24, 2.45) is 0 Å². The smallest absolute Gasteiger partial charge is 0.182 e. The van der Waals surface area contributed by atoms with Crippen molar-refractivity contribution in [2.45, 2.75) is 44.6 Å². The summed E-state index contributed by atoms with van der Waals surface area (Å²) in [6.07, 6.45) is 5.40. The van der Waals surface area contributed by atoms with E-state index in [4.69, 9.17) is 0 Å². The highest BCUT2D eigenvalue weighted by molar-refractivity contribution is 7.13. The van der Waals surface area contributed by atoms with Crippen molar-refractivity contribution in [1.29, 1.82) is 0 Å². The molecule has 15 heavy (non-hydrogen) atoms. The molecule has 0 radical (unpaired) electrons. The van der Waals surface area contributed by atoms with Crippen molar-refractivity contribution in [2.75, 3.05) is 11.9 Å². The van der Waals surface area contributed by atoms with Gasteiger partial charge in [-0.15, -0.1) is 11.3 Å². The second-order valence-corrected chi connectivity index (χ2v) is 5.29. The van der Waals surface area contributed by atoms with Crippen LogP contribution in [-0.2, 0) is 0 Å². The third kappa shape index (κ3) is 2.92. The topological polar surface area (TPSA) is 45.1 Å². The quantitative estimate of drug-likeness (QED) is 0.832. The number of anilines is 1. The molecule has 0 spiro atoms. The predicted octanol–water partition coefficient (Wildman–Crippen LogP) is 2.56. The van der Waals surface area contributed by atoms with Gasteiger partial charge in [0.15, 0.2) is 5.13 Å². The molecule has 1 aromatic heterocycles. The van der Waals surface area contributed by atoms with E-state index in [1.807, 2.05) is 12.3 Å². The first-order chi connectivity index (χ1) is 7.18. The van der Waals surface area contributed by atoms with Gasteiger partial charge in [-0.05, 0) is 19.8 Å². The molecule has 0 unspecified atom stereocenters. The Morgan fingerprint density at radius 3 is 2.80 bits per heavy atom. The number of hydrogen-bond donors (Lipinski definition) is 2. The number of hydrogen-bond acceptors (Lipinski definition) is 4. The van der Waals surface area contributed by atoms with Crippen molar-refractivity contribution >= 4 is 16.5 Å². The number of thiazole rings is 1. The zero-order valence-corrected chi connectivity index (χ0v) is 9.94. The van der Waals surface area contributed by atoms with Gasteiger partial charge in [0.1, 0.15) is 0 Å². The van der Waals surface area contributed by atoms with Gasteiger partial charge >= 0.3 is 0 Å². The van der Waals surface area contributed by atoms with Crippen LogP contribution in [0.3, 0.4) is 0 Å². The lowest BCUT2D eigenvalue weighted by Gasteiger charge is -2.31. The summed E-state index contributed by atoms with van der Waals surface area (Å²) in [4.78, 5) is 4.32. The van der Waals surface area contributed by atoms with Crippen LogP contribution in [0.15, 0.2) is 5.38 Å². The fourth-order valence-electron chi connectivity index (χ4n) is 2.06. The summed E-state index contributed by atoms with van der Waals surface area (Å²) < 4.78 is 0. The summed E-state index contributed by atoms with van der Waals surface area (Å²) in [7, 11) is 0. The second kappa shape index (κ2) is 4.49. The van der Waals surface area contributed by atoms with Gasteiger partial charge in [-0.3, -0.25) is 0 Å². The van der Waals surface area contributed by atoms with Crippen LogP contribution in [0.1, 0.15) is 37.8 Å². The maximum atomic E-state index is 10.3. The minimum absolute atomic E-state index is 0.502. The van der Waals surface area contributed by atoms with Crippen LogP contribution >= 0.6 is 11.3 Å². The third-order valence-corrected chi connectivity index (χ3v) is 3.89. The van der Waals surface area contributed by atoms with Gasteiger partial charge in [0.2, 0.25) is 0 Å². The minimum Gasteiger partial charge on any atom is -0.388 e. The summed E-state index contributed by atoms with van der Waals surface area (Å²) in [5.41, 5.74) is 0.538. The van der Waals surface area contributed by atoms with Crippen LogP contribution in [0.2, 0.25) is 0 Å². The Kier molecular flexibility index (Phi) is 3.26. The number of aliphatic hydroxyl groups is 1. The lowest BCUT2D eigenvalue weighted by molar-refractivity contribution is 0.0167. The molecule has 0 atom stereocenters. The summed E-state index contributed by atoms with van der Waals surface area (Å²) in [6.45, 7) is 2.62. The van der Waals surface area contributed by atoms with Crippen LogP contribution in [0.4, 0.5) is 5.13 Å². The van der Waals surface area contributed by atoms with Gasteiger partial charge in [0.25, 0.3) is 0 Å². The molecule has 0 amide bonds. The molecule has 4 heteroatoms. The molecule has 0 aliphatic heterocycles. The first kappa shape index (κ1) is 10.9. The normalized spacial score (nSPS) is 20.1. The SMILES string of the molecule is Cc1csc(NCC2(O)CCCCC2)n1. The Morgan fingerprint density at radius 2 is 2.20 bits per heavy atom. The van der Waals surface area contributed by atoms with E-state index in [0.29, 0.717) is 6.54 Å². The van der Waals surface area contributed by atoms with E-state index in [0.717, 1.165) is 36.5 Å². The Bertz CT molecular complexity index is 318. The molecule has 2 N–H and O–H groups in total. The minimum atomic E-state index is -0.502. The first-order valence-electron chi connectivity index (χ1n) is 5.56. The molecule has 1 saturated carbocycles. The van der Waals surface area contributed by atoms with Crippen LogP contribution < -0.4 is 5.32 Å².